The van der Waals surface area contributed by atoms with Crippen molar-refractivity contribution in [1.82, 2.24) is 15.4 Å². The first kappa shape index (κ1) is 24.4. The second-order valence-electron chi connectivity index (χ2n) is 7.50. The Labute approximate surface area is 201 Å². The molecule has 3 aromatic rings. The van der Waals surface area contributed by atoms with Crippen molar-refractivity contribution in [2.75, 3.05) is 19.0 Å². The van der Waals surface area contributed by atoms with Crippen LogP contribution in [0.4, 0.5) is 5.69 Å². The van der Waals surface area contributed by atoms with Crippen molar-refractivity contribution in [2.24, 2.45) is 7.05 Å². The lowest BCUT2D eigenvalue weighted by Gasteiger charge is -2.14. The average molecular weight is 491 g/mol. The molecule has 0 atom stereocenters. The van der Waals surface area contributed by atoms with Crippen LogP contribution >= 0.6 is 23.2 Å². The Kier molecular flexibility index (Phi) is 7.86. The number of aromatic nitrogens is 1. The molecule has 33 heavy (non-hydrogen) atoms. The Morgan fingerprint density at radius 1 is 1.06 bits per heavy atom. The normalized spacial score (nSPS) is 10.6. The number of rotatable bonds is 8. The largest absolute Gasteiger partial charge is 0.485 e. The minimum atomic E-state index is -0.816. The van der Waals surface area contributed by atoms with Gasteiger partial charge in [-0.25, -0.2) is 5.48 Å². The zero-order valence-electron chi connectivity index (χ0n) is 18.4. The SMILES string of the molecule is CN(C)c1ccc(CNC(=O)c2c(OCc3c(Cl)cccc3Cl)c(C(=O)NO)cn2C)cc1. The molecule has 0 radical (unpaired) electrons. The lowest BCUT2D eigenvalue weighted by atomic mass is 10.2. The van der Waals surface area contributed by atoms with E-state index in [1.165, 1.54) is 10.8 Å². The van der Waals surface area contributed by atoms with Gasteiger partial charge in [0, 0.05) is 55.2 Å². The molecule has 174 valence electrons. The van der Waals surface area contributed by atoms with Crippen molar-refractivity contribution >= 4 is 40.7 Å². The molecule has 1 aromatic heterocycles. The number of nitrogens with zero attached hydrogens (tertiary/aromatic N) is 2. The van der Waals surface area contributed by atoms with Crippen LogP contribution in [0.25, 0.3) is 0 Å². The van der Waals surface area contributed by atoms with Gasteiger partial charge in [-0.1, -0.05) is 41.4 Å². The predicted molar refractivity (Wildman–Crippen MR) is 127 cm³/mol. The number of ether oxygens (including phenoxy) is 1. The van der Waals surface area contributed by atoms with Crippen LogP contribution in [0.1, 0.15) is 32.0 Å². The van der Waals surface area contributed by atoms with Gasteiger partial charge in [-0.2, -0.15) is 0 Å². The first-order chi connectivity index (χ1) is 15.7. The Balaban J connectivity index is 1.84. The maximum atomic E-state index is 13.0. The number of hydroxylamine groups is 1. The number of halogens is 2. The standard InChI is InChI=1S/C23H24Cl2N4O4/c1-28(2)15-9-7-14(8-10-15)11-26-23(31)20-21(16(12-29(20)3)22(30)27-32)33-13-17-18(24)5-4-6-19(17)25/h4-10,12,32H,11,13H2,1-3H3,(H,26,31)(H,27,30). The summed E-state index contributed by atoms with van der Waals surface area (Å²) in [5.74, 6) is -1.27. The summed E-state index contributed by atoms with van der Waals surface area (Å²) >= 11 is 12.4. The number of benzene rings is 2. The molecule has 0 aliphatic carbocycles. The molecule has 3 N–H and O–H groups in total. The number of carbonyl (C=O) groups excluding carboxylic acids is 2. The number of carbonyl (C=O) groups is 2. The van der Waals surface area contributed by atoms with E-state index in [-0.39, 0.29) is 30.2 Å². The fourth-order valence-electron chi connectivity index (χ4n) is 3.23. The molecule has 0 fully saturated rings. The molecule has 0 saturated carbocycles. The summed E-state index contributed by atoms with van der Waals surface area (Å²) < 4.78 is 7.30. The maximum absolute atomic E-state index is 13.0. The smallest absolute Gasteiger partial charge is 0.279 e. The maximum Gasteiger partial charge on any atom is 0.279 e. The molecule has 0 spiro atoms. The fourth-order valence-corrected chi connectivity index (χ4v) is 3.74. The number of hydrogen-bond donors (Lipinski definition) is 3. The van der Waals surface area contributed by atoms with Gasteiger partial charge in [-0.3, -0.25) is 14.8 Å². The average Bonchev–Trinajstić information content (AvgIpc) is 3.13. The van der Waals surface area contributed by atoms with E-state index in [9.17, 15) is 9.59 Å². The van der Waals surface area contributed by atoms with Crippen LogP contribution in [0.3, 0.4) is 0 Å². The molecule has 0 bridgehead atoms. The van der Waals surface area contributed by atoms with E-state index < -0.39 is 11.8 Å². The Morgan fingerprint density at radius 3 is 2.27 bits per heavy atom. The molecule has 0 saturated heterocycles. The second-order valence-corrected chi connectivity index (χ2v) is 8.32. The molecule has 2 amide bonds. The molecule has 2 aromatic carbocycles. The van der Waals surface area contributed by atoms with E-state index in [0.29, 0.717) is 15.6 Å². The quantitative estimate of drug-likeness (QED) is 0.327. The summed E-state index contributed by atoms with van der Waals surface area (Å²) in [6.45, 7) is 0.190. The lowest BCUT2D eigenvalue weighted by molar-refractivity contribution is 0.0702. The number of aryl methyl sites for hydroxylation is 1. The number of anilines is 1. The summed E-state index contributed by atoms with van der Waals surface area (Å²) in [6.07, 6.45) is 1.40. The van der Waals surface area contributed by atoms with Crippen LogP contribution in [-0.4, -0.2) is 35.7 Å². The molecule has 0 unspecified atom stereocenters. The van der Waals surface area contributed by atoms with E-state index in [2.05, 4.69) is 5.32 Å². The monoisotopic (exact) mass is 490 g/mol. The van der Waals surface area contributed by atoms with E-state index in [1.807, 2.05) is 43.3 Å². The molecule has 10 heteroatoms. The van der Waals surface area contributed by atoms with Crippen molar-refractivity contribution in [3.05, 3.63) is 81.1 Å². The highest BCUT2D eigenvalue weighted by Crippen LogP contribution is 2.30. The first-order valence-corrected chi connectivity index (χ1v) is 10.7. The van der Waals surface area contributed by atoms with Gasteiger partial charge in [0.2, 0.25) is 0 Å². The van der Waals surface area contributed by atoms with Crippen LogP contribution in [0.15, 0.2) is 48.7 Å². The minimum Gasteiger partial charge on any atom is -0.485 e. The third-order valence-corrected chi connectivity index (χ3v) is 5.73. The van der Waals surface area contributed by atoms with Crippen LogP contribution < -0.4 is 20.4 Å². The van der Waals surface area contributed by atoms with Crippen molar-refractivity contribution in [2.45, 2.75) is 13.2 Å². The summed E-state index contributed by atoms with van der Waals surface area (Å²) in [5, 5.41) is 12.7. The van der Waals surface area contributed by atoms with Gasteiger partial charge >= 0.3 is 0 Å². The highest BCUT2D eigenvalue weighted by atomic mass is 35.5. The number of hydrogen-bond acceptors (Lipinski definition) is 5. The van der Waals surface area contributed by atoms with Crippen molar-refractivity contribution < 1.29 is 19.5 Å². The van der Waals surface area contributed by atoms with Gasteiger partial charge < -0.3 is 19.5 Å². The molecule has 0 aliphatic rings. The third kappa shape index (κ3) is 5.60. The number of nitrogens with one attached hydrogen (secondary N) is 2. The van der Waals surface area contributed by atoms with Gasteiger partial charge in [0.05, 0.1) is 0 Å². The summed E-state index contributed by atoms with van der Waals surface area (Å²) in [6, 6.07) is 12.8. The zero-order valence-corrected chi connectivity index (χ0v) is 19.9. The predicted octanol–water partition coefficient (Wildman–Crippen LogP) is 4.03. The van der Waals surface area contributed by atoms with Crippen LogP contribution in [0, 0.1) is 0 Å². The van der Waals surface area contributed by atoms with Gasteiger partial charge in [-0.05, 0) is 29.8 Å². The van der Waals surface area contributed by atoms with Crippen molar-refractivity contribution in [3.8, 4) is 5.75 Å². The minimum absolute atomic E-state index is 0.000456. The van der Waals surface area contributed by atoms with Crippen molar-refractivity contribution in [1.29, 1.82) is 0 Å². The highest BCUT2D eigenvalue weighted by Gasteiger charge is 2.26. The zero-order chi connectivity index (χ0) is 24.1. The van der Waals surface area contributed by atoms with Crippen molar-refractivity contribution in [3.63, 3.8) is 0 Å². The molecular weight excluding hydrogens is 467 g/mol. The van der Waals surface area contributed by atoms with Crippen LogP contribution in [0.2, 0.25) is 10.0 Å². The van der Waals surface area contributed by atoms with E-state index in [4.69, 9.17) is 33.1 Å². The van der Waals surface area contributed by atoms with E-state index in [1.54, 1.807) is 30.7 Å². The van der Waals surface area contributed by atoms with Crippen LogP contribution in [-0.2, 0) is 20.2 Å². The van der Waals surface area contributed by atoms with Gasteiger partial charge in [0.15, 0.2) is 5.75 Å². The van der Waals surface area contributed by atoms with E-state index in [0.717, 1.165) is 11.3 Å². The molecule has 3 rings (SSSR count). The summed E-state index contributed by atoms with van der Waals surface area (Å²) in [7, 11) is 5.50. The van der Waals surface area contributed by atoms with Gasteiger partial charge in [0.1, 0.15) is 17.9 Å². The van der Waals surface area contributed by atoms with Crippen LogP contribution in [0.5, 0.6) is 5.75 Å². The Bertz CT molecular complexity index is 1140. The molecule has 0 aliphatic heterocycles. The molecule has 1 heterocycles. The molecular formula is C23H24Cl2N4O4. The van der Waals surface area contributed by atoms with E-state index >= 15 is 0 Å². The lowest BCUT2D eigenvalue weighted by Crippen LogP contribution is -2.26. The van der Waals surface area contributed by atoms with Gasteiger partial charge in [-0.15, -0.1) is 0 Å². The fraction of sp³-hybridized carbons (Fsp3) is 0.217. The number of amides is 2. The Hall–Kier alpha value is -3.20. The first-order valence-electron chi connectivity index (χ1n) is 9.96. The highest BCUT2D eigenvalue weighted by molar-refractivity contribution is 6.35. The summed E-state index contributed by atoms with van der Waals surface area (Å²) in [5.41, 5.74) is 4.13. The third-order valence-electron chi connectivity index (χ3n) is 5.02. The Morgan fingerprint density at radius 2 is 1.70 bits per heavy atom. The molecule has 8 nitrogen and oxygen atoms in total. The van der Waals surface area contributed by atoms with Gasteiger partial charge in [0.25, 0.3) is 11.8 Å². The topological polar surface area (TPSA) is 95.8 Å². The second kappa shape index (κ2) is 10.6. The summed E-state index contributed by atoms with van der Waals surface area (Å²) in [4.78, 5) is 27.2.